The number of aromatic hydroxyl groups is 3. The highest BCUT2D eigenvalue weighted by Gasteiger charge is 2.48. The van der Waals surface area contributed by atoms with E-state index in [9.17, 15) is 66.1 Å². The van der Waals surface area contributed by atoms with Crippen LogP contribution in [-0.4, -0.2) is 149 Å². The number of carbonyl (C=O) groups excluding carboxylic acids is 1. The van der Waals surface area contributed by atoms with E-state index in [2.05, 4.69) is 0 Å². The Morgan fingerprint density at radius 3 is 1.98 bits per heavy atom. The molecule has 0 radical (unpaired) electrons. The van der Waals surface area contributed by atoms with Crippen LogP contribution in [0.1, 0.15) is 27.6 Å². The molecule has 2 fully saturated rings. The molecule has 2 saturated heterocycles. The summed E-state index contributed by atoms with van der Waals surface area (Å²) < 4.78 is 21.2. The van der Waals surface area contributed by atoms with Crippen molar-refractivity contribution in [3.63, 3.8) is 0 Å². The van der Waals surface area contributed by atoms with E-state index in [1.807, 2.05) is 0 Å². The van der Waals surface area contributed by atoms with Crippen LogP contribution in [0, 0.1) is 0 Å². The van der Waals surface area contributed by atoms with E-state index in [-0.39, 0.29) is 17.1 Å². The Labute approximate surface area is 254 Å². The van der Waals surface area contributed by atoms with Gasteiger partial charge in [0.05, 0.1) is 25.9 Å². The summed E-state index contributed by atoms with van der Waals surface area (Å²) in [5.74, 6) is -4.30. The van der Waals surface area contributed by atoms with Gasteiger partial charge in [-0.05, 0) is 17.7 Å². The van der Waals surface area contributed by atoms with Crippen LogP contribution in [0.3, 0.4) is 0 Å². The van der Waals surface area contributed by atoms with E-state index in [4.69, 9.17) is 18.9 Å². The summed E-state index contributed by atoms with van der Waals surface area (Å²) in [4.78, 5) is 13.7. The van der Waals surface area contributed by atoms with Crippen molar-refractivity contribution >= 4 is 5.78 Å². The van der Waals surface area contributed by atoms with Crippen LogP contribution in [0.2, 0.25) is 0 Å². The normalized spacial score (nSPS) is 32.6. The van der Waals surface area contributed by atoms with Crippen molar-refractivity contribution in [1.82, 2.24) is 0 Å². The van der Waals surface area contributed by atoms with E-state index in [0.717, 1.165) is 0 Å². The smallest absolute Gasteiger partial charge is 0.229 e. The van der Waals surface area contributed by atoms with Gasteiger partial charge in [-0.1, -0.05) is 6.07 Å². The summed E-state index contributed by atoms with van der Waals surface area (Å²) in [6, 6.07) is 4.70. The number of ketones is 1. The zero-order chi connectivity index (χ0) is 33.3. The van der Waals surface area contributed by atoms with Gasteiger partial charge in [0.2, 0.25) is 6.29 Å². The molecule has 0 bridgehead atoms. The Kier molecular flexibility index (Phi) is 10.7. The van der Waals surface area contributed by atoms with Gasteiger partial charge in [0.15, 0.2) is 17.3 Å². The molecule has 2 aliphatic heterocycles. The second-order valence-corrected chi connectivity index (χ2v) is 10.7. The number of ether oxygens (including phenoxy) is 4. The molecule has 2 aliphatic rings. The van der Waals surface area contributed by atoms with Crippen molar-refractivity contribution < 1.29 is 85.0 Å². The van der Waals surface area contributed by atoms with Crippen LogP contribution in [0.25, 0.3) is 0 Å². The lowest BCUT2D eigenvalue weighted by Crippen LogP contribution is -2.60. The third-order valence-corrected chi connectivity index (χ3v) is 7.77. The van der Waals surface area contributed by atoms with Crippen LogP contribution < -0.4 is 9.47 Å². The molecule has 2 aromatic carbocycles. The maximum Gasteiger partial charge on any atom is 0.229 e. The number of benzene rings is 2. The van der Waals surface area contributed by atoms with Gasteiger partial charge in [-0.2, -0.15) is 0 Å². The summed E-state index contributed by atoms with van der Waals surface area (Å²) in [6.45, 7) is -1.70. The summed E-state index contributed by atoms with van der Waals surface area (Å²) in [7, 11) is 1.31. The Morgan fingerprint density at radius 2 is 1.40 bits per heavy atom. The van der Waals surface area contributed by atoms with Gasteiger partial charge < -0.3 is 80.2 Å². The summed E-state index contributed by atoms with van der Waals surface area (Å²) >= 11 is 0. The number of Topliss-reactive ketones (excluding diaryl/α,β-unsaturated/α-hetero) is 1. The van der Waals surface area contributed by atoms with E-state index in [1.54, 1.807) is 0 Å². The number of aliphatic hydroxyl groups is 9. The number of rotatable bonds is 10. The van der Waals surface area contributed by atoms with Crippen LogP contribution in [0.4, 0.5) is 0 Å². The molecule has 12 N–H and O–H groups in total. The molecule has 0 aliphatic carbocycles. The topological polar surface area (TPSA) is 297 Å². The Morgan fingerprint density at radius 1 is 0.800 bits per heavy atom. The fourth-order valence-corrected chi connectivity index (χ4v) is 5.23. The molecular weight excluding hydrogens is 608 g/mol. The second-order valence-electron chi connectivity index (χ2n) is 10.7. The van der Waals surface area contributed by atoms with Gasteiger partial charge in [-0.25, -0.2) is 0 Å². The molecule has 0 spiro atoms. The Balaban J connectivity index is 1.79. The van der Waals surface area contributed by atoms with Crippen LogP contribution >= 0.6 is 0 Å². The fourth-order valence-electron chi connectivity index (χ4n) is 5.23. The standard InChI is InChI=1S/C28H36O17/c1-42-13-3-2-9(4-10(13)31)5-12(33)19(34)18-14(44-28-26(41)24(39)21(36)16(8-30)45-28)6-11(32)17(22(18)37)27-25(40)23(38)20(35)15(7-29)43-27/h2-4,6,12,15-16,20-21,23-33,35-41H,5,7-8H2,1H3/t12?,15-,16-,20-,21-,23+,24+,25-,26-,27+,28-/m1/s1. The fraction of sp³-hybridized carbons (Fsp3) is 0.536. The molecule has 45 heavy (non-hydrogen) atoms. The van der Waals surface area contributed by atoms with E-state index >= 15 is 0 Å². The summed E-state index contributed by atoms with van der Waals surface area (Å²) in [6.07, 6.45) is -20.6. The molecule has 1 unspecified atom stereocenters. The first-order valence-corrected chi connectivity index (χ1v) is 13.7. The number of hydrogen-bond acceptors (Lipinski definition) is 17. The van der Waals surface area contributed by atoms with Gasteiger partial charge in [0, 0.05) is 12.5 Å². The molecule has 11 atom stereocenters. The van der Waals surface area contributed by atoms with Crippen LogP contribution in [-0.2, 0) is 15.9 Å². The molecule has 0 aromatic heterocycles. The van der Waals surface area contributed by atoms with Gasteiger partial charge >= 0.3 is 0 Å². The lowest BCUT2D eigenvalue weighted by Gasteiger charge is -2.41. The minimum Gasteiger partial charge on any atom is -0.507 e. The Hall–Kier alpha value is -3.33. The van der Waals surface area contributed by atoms with E-state index < -0.39 is 121 Å². The predicted molar refractivity (Wildman–Crippen MR) is 146 cm³/mol. The first-order valence-electron chi connectivity index (χ1n) is 13.7. The number of methoxy groups -OCH3 is 1. The van der Waals surface area contributed by atoms with Crippen LogP contribution in [0.15, 0.2) is 24.3 Å². The second kappa shape index (κ2) is 14.0. The number of phenolic OH excluding ortho intramolecular Hbond substituents is 3. The van der Waals surface area contributed by atoms with Gasteiger partial charge in [-0.3, -0.25) is 4.79 Å². The SMILES string of the molecule is COc1ccc(CC(O)C(=O)c2c(O[C@@H]3O[C@H](CO)[C@@H](O)[C@H](O)[C@H]3O)cc(O)c([C@@H]3O[C@H](CO)[C@@H](O)[C@H](O)[C@H]3O)c2O)cc1O. The van der Waals surface area contributed by atoms with Gasteiger partial charge in [0.1, 0.15) is 83.9 Å². The molecule has 4 rings (SSSR count). The zero-order valence-electron chi connectivity index (χ0n) is 23.7. The van der Waals surface area contributed by atoms with E-state index in [0.29, 0.717) is 6.07 Å². The van der Waals surface area contributed by atoms with E-state index in [1.165, 1.54) is 25.3 Å². The van der Waals surface area contributed by atoms with Gasteiger partial charge in [-0.15, -0.1) is 0 Å². The van der Waals surface area contributed by atoms with Crippen LogP contribution in [0.5, 0.6) is 28.7 Å². The molecule has 2 heterocycles. The molecule has 0 saturated carbocycles. The lowest BCUT2D eigenvalue weighted by molar-refractivity contribution is -0.277. The molecule has 250 valence electrons. The number of carbonyl (C=O) groups is 1. The van der Waals surface area contributed by atoms with Crippen molar-refractivity contribution in [2.24, 2.45) is 0 Å². The molecule has 0 amide bonds. The largest absolute Gasteiger partial charge is 0.507 e. The average molecular weight is 645 g/mol. The molecule has 17 heteroatoms. The number of aliphatic hydroxyl groups excluding tert-OH is 9. The van der Waals surface area contributed by atoms with Crippen molar-refractivity contribution in [3.05, 3.63) is 41.0 Å². The van der Waals surface area contributed by atoms with Gasteiger partial charge in [0.25, 0.3) is 0 Å². The zero-order valence-corrected chi connectivity index (χ0v) is 23.7. The monoisotopic (exact) mass is 644 g/mol. The first-order chi connectivity index (χ1) is 21.2. The highest BCUT2D eigenvalue weighted by molar-refractivity contribution is 6.05. The summed E-state index contributed by atoms with van der Waals surface area (Å²) in [5.41, 5.74) is -1.36. The highest BCUT2D eigenvalue weighted by atomic mass is 16.7. The summed E-state index contributed by atoms with van der Waals surface area (Å²) in [5, 5.41) is 124. The van der Waals surface area contributed by atoms with Crippen molar-refractivity contribution in [1.29, 1.82) is 0 Å². The molecular formula is C28H36O17. The third kappa shape index (κ3) is 6.64. The first kappa shape index (κ1) is 34.5. The predicted octanol–water partition coefficient (Wildman–Crippen LogP) is -3.71. The van der Waals surface area contributed by atoms with Crippen molar-refractivity contribution in [2.45, 2.75) is 73.8 Å². The lowest BCUT2D eigenvalue weighted by atomic mass is 9.88. The molecule has 2 aromatic rings. The number of hydrogen-bond donors (Lipinski definition) is 12. The van der Waals surface area contributed by atoms with Crippen molar-refractivity contribution in [2.75, 3.05) is 20.3 Å². The quantitative estimate of drug-likeness (QED) is 0.111. The maximum absolute atomic E-state index is 13.7. The minimum atomic E-state index is -2.02. The molecule has 17 nitrogen and oxygen atoms in total. The third-order valence-electron chi connectivity index (χ3n) is 7.77. The van der Waals surface area contributed by atoms with Crippen molar-refractivity contribution in [3.8, 4) is 28.7 Å². The highest BCUT2D eigenvalue weighted by Crippen LogP contribution is 2.47. The maximum atomic E-state index is 13.7. The Bertz CT molecular complexity index is 1350. The average Bonchev–Trinajstić information content (AvgIpc) is 3.01. The minimum absolute atomic E-state index is 0.107. The number of phenols is 3.